The molecule has 5 heteroatoms. The third-order valence-corrected chi connectivity index (χ3v) is 2.70. The quantitative estimate of drug-likeness (QED) is 0.403. The van der Waals surface area contributed by atoms with E-state index < -0.39 is 0 Å². The van der Waals surface area contributed by atoms with E-state index in [1.807, 2.05) is 19.1 Å². The van der Waals surface area contributed by atoms with Gasteiger partial charge in [-0.25, -0.2) is 0 Å². The number of hydrogen-bond donors (Lipinski definition) is 3. The molecular weight excluding hydrogens is 254 g/mol. The van der Waals surface area contributed by atoms with Crippen LogP contribution < -0.4 is 15.4 Å². The van der Waals surface area contributed by atoms with E-state index in [9.17, 15) is 5.11 Å². The zero-order valence-electron chi connectivity index (χ0n) is 12.1. The highest BCUT2D eigenvalue weighted by Gasteiger charge is 2.03. The van der Waals surface area contributed by atoms with Gasteiger partial charge in [-0.1, -0.05) is 12.1 Å². The standard InChI is InChI=1S/C15H23N3O2/c1-4-9-17-15(16-5-2)18-10-8-12-6-7-13(20-3)11-14(12)19/h4,6-7,11,19H,1,5,8-10H2,2-3H3,(H2,16,17,18). The van der Waals surface area contributed by atoms with E-state index in [0.717, 1.165) is 18.1 Å². The van der Waals surface area contributed by atoms with E-state index in [4.69, 9.17) is 4.74 Å². The number of rotatable bonds is 7. The number of guanidine groups is 1. The number of phenolic OH excluding ortho intramolecular Hbond substituents is 1. The van der Waals surface area contributed by atoms with Crippen molar-refractivity contribution in [2.45, 2.75) is 13.3 Å². The number of benzene rings is 1. The molecule has 0 aliphatic rings. The van der Waals surface area contributed by atoms with Gasteiger partial charge >= 0.3 is 0 Å². The summed E-state index contributed by atoms with van der Waals surface area (Å²) in [6, 6.07) is 5.30. The molecule has 1 aromatic carbocycles. The Bertz CT molecular complexity index is 458. The molecule has 20 heavy (non-hydrogen) atoms. The molecule has 0 aliphatic carbocycles. The molecule has 0 atom stereocenters. The van der Waals surface area contributed by atoms with Crippen LogP contribution in [0, 0.1) is 0 Å². The van der Waals surface area contributed by atoms with E-state index in [1.165, 1.54) is 0 Å². The maximum absolute atomic E-state index is 9.86. The summed E-state index contributed by atoms with van der Waals surface area (Å²) in [6.07, 6.45) is 2.45. The zero-order valence-corrected chi connectivity index (χ0v) is 12.1. The van der Waals surface area contributed by atoms with Crippen molar-refractivity contribution >= 4 is 5.96 Å². The molecule has 1 rings (SSSR count). The molecule has 0 radical (unpaired) electrons. The van der Waals surface area contributed by atoms with Gasteiger partial charge in [-0.05, 0) is 25.0 Å². The Morgan fingerprint density at radius 2 is 2.25 bits per heavy atom. The fourth-order valence-electron chi connectivity index (χ4n) is 1.68. The molecule has 0 fully saturated rings. The monoisotopic (exact) mass is 277 g/mol. The maximum Gasteiger partial charge on any atom is 0.191 e. The Hall–Kier alpha value is -2.17. The van der Waals surface area contributed by atoms with Crippen LogP contribution in [0.3, 0.4) is 0 Å². The van der Waals surface area contributed by atoms with Crippen LogP contribution in [0.2, 0.25) is 0 Å². The van der Waals surface area contributed by atoms with Crippen LogP contribution in [0.1, 0.15) is 12.5 Å². The Labute approximate surface area is 120 Å². The lowest BCUT2D eigenvalue weighted by molar-refractivity contribution is 0.406. The van der Waals surface area contributed by atoms with Gasteiger partial charge in [0.05, 0.1) is 7.11 Å². The molecule has 0 amide bonds. The second-order valence-corrected chi connectivity index (χ2v) is 4.17. The van der Waals surface area contributed by atoms with Crippen LogP contribution in [-0.4, -0.2) is 37.8 Å². The van der Waals surface area contributed by atoms with E-state index in [1.54, 1.807) is 19.3 Å². The van der Waals surface area contributed by atoms with Crippen molar-refractivity contribution in [3.63, 3.8) is 0 Å². The number of phenols is 1. The van der Waals surface area contributed by atoms with Gasteiger partial charge in [0.2, 0.25) is 0 Å². The van der Waals surface area contributed by atoms with E-state index in [-0.39, 0.29) is 5.75 Å². The Morgan fingerprint density at radius 3 is 2.85 bits per heavy atom. The summed E-state index contributed by atoms with van der Waals surface area (Å²) in [5, 5.41) is 16.1. The molecular formula is C15H23N3O2. The van der Waals surface area contributed by atoms with E-state index in [0.29, 0.717) is 25.3 Å². The second kappa shape index (κ2) is 8.85. The lowest BCUT2D eigenvalue weighted by Gasteiger charge is -2.10. The molecule has 5 nitrogen and oxygen atoms in total. The first-order valence-corrected chi connectivity index (χ1v) is 6.70. The van der Waals surface area contributed by atoms with Gasteiger partial charge in [-0.15, -0.1) is 6.58 Å². The SMILES string of the molecule is C=CCNC(=NCCc1ccc(OC)cc1O)NCC. The van der Waals surface area contributed by atoms with Crippen molar-refractivity contribution in [2.75, 3.05) is 26.7 Å². The predicted octanol–water partition coefficient (Wildman–Crippen LogP) is 1.68. The number of hydrogen-bond acceptors (Lipinski definition) is 3. The summed E-state index contributed by atoms with van der Waals surface area (Å²) in [5.74, 6) is 1.64. The lowest BCUT2D eigenvalue weighted by Crippen LogP contribution is -2.37. The van der Waals surface area contributed by atoms with Crippen LogP contribution in [0.25, 0.3) is 0 Å². The summed E-state index contributed by atoms with van der Waals surface area (Å²) in [7, 11) is 1.58. The molecule has 0 saturated heterocycles. The van der Waals surface area contributed by atoms with Gasteiger partial charge in [0.1, 0.15) is 11.5 Å². The first-order valence-electron chi connectivity index (χ1n) is 6.70. The maximum atomic E-state index is 9.86. The molecule has 0 spiro atoms. The number of ether oxygens (including phenoxy) is 1. The van der Waals surface area contributed by atoms with Crippen molar-refractivity contribution in [3.05, 3.63) is 36.4 Å². The summed E-state index contributed by atoms with van der Waals surface area (Å²) in [6.45, 7) is 7.73. The topological polar surface area (TPSA) is 65.9 Å². The highest BCUT2D eigenvalue weighted by atomic mass is 16.5. The summed E-state index contributed by atoms with van der Waals surface area (Å²) < 4.78 is 5.05. The summed E-state index contributed by atoms with van der Waals surface area (Å²) in [4.78, 5) is 4.43. The normalized spacial score (nSPS) is 11.0. The highest BCUT2D eigenvalue weighted by molar-refractivity contribution is 5.79. The van der Waals surface area contributed by atoms with Crippen molar-refractivity contribution in [1.82, 2.24) is 10.6 Å². The molecule has 0 bridgehead atoms. The third-order valence-electron chi connectivity index (χ3n) is 2.70. The average molecular weight is 277 g/mol. The van der Waals surface area contributed by atoms with Gasteiger partial charge in [-0.2, -0.15) is 0 Å². The average Bonchev–Trinajstić information content (AvgIpc) is 2.46. The molecule has 3 N–H and O–H groups in total. The molecule has 0 heterocycles. The van der Waals surface area contributed by atoms with Crippen LogP contribution in [0.5, 0.6) is 11.5 Å². The minimum atomic E-state index is 0.239. The van der Waals surface area contributed by atoms with Gasteiger partial charge in [0, 0.05) is 25.7 Å². The van der Waals surface area contributed by atoms with Gasteiger partial charge in [-0.3, -0.25) is 4.99 Å². The first-order chi connectivity index (χ1) is 9.71. The van der Waals surface area contributed by atoms with Crippen molar-refractivity contribution in [3.8, 4) is 11.5 Å². The van der Waals surface area contributed by atoms with Crippen LogP contribution in [-0.2, 0) is 6.42 Å². The van der Waals surface area contributed by atoms with Gasteiger partial charge < -0.3 is 20.5 Å². The number of aromatic hydroxyl groups is 1. The fraction of sp³-hybridized carbons (Fsp3) is 0.400. The number of aliphatic imine (C=N–C) groups is 1. The number of methoxy groups -OCH3 is 1. The van der Waals surface area contributed by atoms with E-state index in [2.05, 4.69) is 22.2 Å². The molecule has 0 aromatic heterocycles. The molecule has 110 valence electrons. The Kier molecular flexibility index (Phi) is 7.03. The smallest absolute Gasteiger partial charge is 0.191 e. The summed E-state index contributed by atoms with van der Waals surface area (Å²) >= 11 is 0. The Morgan fingerprint density at radius 1 is 1.45 bits per heavy atom. The van der Waals surface area contributed by atoms with E-state index >= 15 is 0 Å². The largest absolute Gasteiger partial charge is 0.508 e. The molecule has 0 aliphatic heterocycles. The van der Waals surface area contributed by atoms with Crippen LogP contribution in [0.15, 0.2) is 35.8 Å². The third kappa shape index (κ3) is 5.22. The lowest BCUT2D eigenvalue weighted by atomic mass is 10.1. The van der Waals surface area contributed by atoms with Gasteiger partial charge in [0.25, 0.3) is 0 Å². The van der Waals surface area contributed by atoms with Crippen molar-refractivity contribution in [2.24, 2.45) is 4.99 Å². The van der Waals surface area contributed by atoms with Crippen molar-refractivity contribution < 1.29 is 9.84 Å². The number of nitrogens with zero attached hydrogens (tertiary/aromatic N) is 1. The zero-order chi connectivity index (χ0) is 14.8. The summed E-state index contributed by atoms with van der Waals surface area (Å²) in [5.41, 5.74) is 0.856. The predicted molar refractivity (Wildman–Crippen MR) is 82.5 cm³/mol. The van der Waals surface area contributed by atoms with Gasteiger partial charge in [0.15, 0.2) is 5.96 Å². The van der Waals surface area contributed by atoms with Crippen LogP contribution in [0.4, 0.5) is 0 Å². The molecule has 0 unspecified atom stereocenters. The minimum absolute atomic E-state index is 0.239. The van der Waals surface area contributed by atoms with Crippen molar-refractivity contribution in [1.29, 1.82) is 0 Å². The van der Waals surface area contributed by atoms with Crippen LogP contribution >= 0.6 is 0 Å². The fourth-order valence-corrected chi connectivity index (χ4v) is 1.68. The molecule has 0 saturated carbocycles. The minimum Gasteiger partial charge on any atom is -0.508 e. The number of nitrogens with one attached hydrogen (secondary N) is 2. The molecule has 1 aromatic rings. The Balaban J connectivity index is 2.58. The first kappa shape index (κ1) is 15.9. The second-order valence-electron chi connectivity index (χ2n) is 4.17. The highest BCUT2D eigenvalue weighted by Crippen LogP contribution is 2.23.